The van der Waals surface area contributed by atoms with Gasteiger partial charge in [-0.1, -0.05) is 132 Å². The Hall–Kier alpha value is -5.98. The smallest absolute Gasteiger partial charge is 0.362 e. The molecule has 19 nitrogen and oxygen atoms in total. The molecule has 6 saturated heterocycles. The maximum Gasteiger partial charge on any atom is 0.362 e. The maximum absolute atomic E-state index is 13.6. The van der Waals surface area contributed by atoms with E-state index in [2.05, 4.69) is 49.0 Å². The van der Waals surface area contributed by atoms with Gasteiger partial charge in [0.25, 0.3) is 11.1 Å². The SMILES string of the molecule is CCOC(=O)C1Cc2ccccc2N(C2C[C@H]3CC[C@@H](C2)N3C2CCCCCCC2)C1=O.CCOC(=O)c1nc2ccccc2n(C2C[C@H]3CC[C@@H](C2)N3C2/C=C\CCCCC2)c1=O.CCOC(=O)c1nc2ccccc2n(C2C[C@H]3CC[C@@H](C2)N3C2CCCCCCC2)c1=O.O.O.[HH].[Pd]. The van der Waals surface area contributed by atoms with Crippen molar-refractivity contribution in [3.05, 3.63) is 123 Å². The first-order valence-electron chi connectivity index (χ1n) is 37.9. The third-order valence-corrected chi connectivity index (χ3v) is 23.8. The van der Waals surface area contributed by atoms with E-state index in [0.717, 1.165) is 66.9 Å². The standard InChI is InChI=1S/C27H38N2O3.C26H35N3O3.C26H33N3O3.2H2O.Pd.H2/c1-2-32-27(31)24-16-19-10-8-9-13-25(19)29(26(24)30)23-17-21-14-15-22(18-23)28(21)20-11-6-4-3-5-7-12-20;2*1-2-32-26(31)24-25(30)29(23-13-9-8-12-22(23)27-24)21-16-19-14-15-20(17-21)28(19)18-10-6-4-3-5-7-11-18;;;;/h8-10,13,20-24H,2-7,11-12,14-18H2,1H3;8-9,12-13,18-21H,2-7,10-11,14-17H2,1H3;6,8-10,12-13,18-21H,2-5,7,11,14-17H2,1H3;2*1H2;;1H/b;;10-6-;;;;/t21-,22+,23?,24?;19-,20+,21?;18?,19-,20+,21?;;;;. The maximum atomic E-state index is 13.6. The summed E-state index contributed by atoms with van der Waals surface area (Å²) in [6.07, 6.45) is 43.9. The van der Waals surface area contributed by atoms with Gasteiger partial charge < -0.3 is 39.2 Å². The summed E-state index contributed by atoms with van der Waals surface area (Å²) in [5, 5.41) is 0. The first kappa shape index (κ1) is 75.7. The van der Waals surface area contributed by atoms with Crippen molar-refractivity contribution in [2.75, 3.05) is 24.7 Å². The third kappa shape index (κ3) is 16.4. The minimum atomic E-state index is -0.703. The Morgan fingerprint density at radius 2 is 0.838 bits per heavy atom. The molecule has 7 aliphatic heterocycles. The Kier molecular flexibility index (Phi) is 27.0. The minimum Gasteiger partial charge on any atom is -0.465 e. The van der Waals surface area contributed by atoms with Crippen LogP contribution < -0.4 is 16.0 Å². The normalized spacial score (nSPS) is 28.5. The van der Waals surface area contributed by atoms with Crippen molar-refractivity contribution in [2.24, 2.45) is 5.92 Å². The number of esters is 3. The van der Waals surface area contributed by atoms with Crippen molar-refractivity contribution < 1.29 is 66.2 Å². The second-order valence-electron chi connectivity index (χ2n) is 29.5. The molecule has 4 N–H and O–H groups in total. The number of piperidine rings is 3. The van der Waals surface area contributed by atoms with Crippen molar-refractivity contribution in [3.8, 4) is 0 Å². The van der Waals surface area contributed by atoms with Crippen LogP contribution in [0.5, 0.6) is 0 Å². The number of anilines is 1. The summed E-state index contributed by atoms with van der Waals surface area (Å²) in [6.45, 7) is 6.07. The minimum absolute atomic E-state index is 0. The Morgan fingerprint density at radius 1 is 0.444 bits per heavy atom. The van der Waals surface area contributed by atoms with Gasteiger partial charge in [0.15, 0.2) is 0 Å². The van der Waals surface area contributed by atoms with Crippen molar-refractivity contribution in [1.82, 2.24) is 33.8 Å². The van der Waals surface area contributed by atoms with E-state index in [4.69, 9.17) is 14.2 Å². The quantitative estimate of drug-likeness (QED) is 0.0371. The number of allylic oxidation sites excluding steroid dienone is 1. The number of aromatic nitrogens is 4. The van der Waals surface area contributed by atoms with Gasteiger partial charge in [-0.2, -0.15) is 0 Å². The number of rotatable bonds is 12. The summed E-state index contributed by atoms with van der Waals surface area (Å²) in [5.41, 5.74) is 4.32. The molecule has 5 unspecified atom stereocenters. The first-order chi connectivity index (χ1) is 47.0. The van der Waals surface area contributed by atoms with E-state index < -0.39 is 17.9 Å². The van der Waals surface area contributed by atoms with Gasteiger partial charge in [0, 0.05) is 100 Å². The zero-order valence-electron chi connectivity index (χ0n) is 58.9. The predicted octanol–water partition coefficient (Wildman–Crippen LogP) is 12.9. The van der Waals surface area contributed by atoms with Crippen LogP contribution in [-0.2, 0) is 50.6 Å². The molecular weight excluding hydrogens is 1340 g/mol. The van der Waals surface area contributed by atoms with Gasteiger partial charge in [-0.15, -0.1) is 0 Å². The molecule has 0 spiro atoms. The first-order valence-corrected chi connectivity index (χ1v) is 37.9. The van der Waals surface area contributed by atoms with Gasteiger partial charge in [-0.05, 0) is 185 Å². The molecule has 0 radical (unpaired) electrons. The average molecular weight is 1460 g/mol. The summed E-state index contributed by atoms with van der Waals surface area (Å²) >= 11 is 0. The Labute approximate surface area is 600 Å². The zero-order valence-corrected chi connectivity index (χ0v) is 60.5. The molecule has 6 bridgehead atoms. The number of amides is 1. The van der Waals surface area contributed by atoms with Crippen LogP contribution >= 0.6 is 0 Å². The topological polar surface area (TPSA) is 242 Å². The summed E-state index contributed by atoms with van der Waals surface area (Å²) in [4.78, 5) is 97.4. The molecule has 3 aliphatic carbocycles. The van der Waals surface area contributed by atoms with Gasteiger partial charge in [-0.25, -0.2) is 19.6 Å². The number of fused-ring (bicyclic) bond motifs is 9. The number of carbonyl (C=O) groups is 4. The molecule has 2 saturated carbocycles. The van der Waals surface area contributed by atoms with Crippen LogP contribution in [0.2, 0.25) is 0 Å². The second-order valence-corrected chi connectivity index (χ2v) is 29.5. The fourth-order valence-electron chi connectivity index (χ4n) is 19.8. The predicted molar refractivity (Wildman–Crippen MR) is 385 cm³/mol. The molecule has 8 fully saturated rings. The molecule has 544 valence electrons. The van der Waals surface area contributed by atoms with Crippen LogP contribution in [0, 0.1) is 5.92 Å². The Morgan fingerprint density at radius 3 is 1.30 bits per heavy atom. The monoisotopic (exact) mass is 1450 g/mol. The van der Waals surface area contributed by atoms with Crippen molar-refractivity contribution in [3.63, 3.8) is 0 Å². The molecular formula is C79H112N8O11Pd. The summed E-state index contributed by atoms with van der Waals surface area (Å²) in [7, 11) is 0. The fourth-order valence-corrected chi connectivity index (χ4v) is 19.8. The molecule has 9 heterocycles. The van der Waals surface area contributed by atoms with Gasteiger partial charge in [0.2, 0.25) is 17.3 Å². The summed E-state index contributed by atoms with van der Waals surface area (Å²) < 4.78 is 19.3. The number of carbonyl (C=O) groups excluding carboxylic acids is 4. The summed E-state index contributed by atoms with van der Waals surface area (Å²) in [6, 6.07) is 29.0. The van der Waals surface area contributed by atoms with E-state index in [9.17, 15) is 28.8 Å². The van der Waals surface area contributed by atoms with E-state index in [1.165, 1.54) is 161 Å². The molecule has 3 aromatic carbocycles. The van der Waals surface area contributed by atoms with Gasteiger partial charge >= 0.3 is 17.9 Å². The number of para-hydroxylation sites is 5. The van der Waals surface area contributed by atoms with Crippen LogP contribution in [0.15, 0.2) is 94.5 Å². The number of hydrogen-bond donors (Lipinski definition) is 0. The number of ether oxygens (including phenoxy) is 3. The van der Waals surface area contributed by atoms with Gasteiger partial charge in [-0.3, -0.25) is 33.9 Å². The third-order valence-electron chi connectivity index (χ3n) is 23.8. The molecule has 10 aliphatic rings. The zero-order chi connectivity index (χ0) is 66.2. The number of hydrogen-bond acceptors (Lipinski definition) is 14. The van der Waals surface area contributed by atoms with E-state index in [0.29, 0.717) is 72.4 Å². The fraction of sp³-hybridized carbons (Fsp3) is 0.646. The van der Waals surface area contributed by atoms with Crippen LogP contribution in [0.1, 0.15) is 260 Å². The molecule has 20 heteroatoms. The van der Waals surface area contributed by atoms with Crippen LogP contribution in [0.4, 0.5) is 5.69 Å². The van der Waals surface area contributed by atoms with Crippen LogP contribution in [-0.4, -0.2) is 149 Å². The molecule has 5 aromatic rings. The summed E-state index contributed by atoms with van der Waals surface area (Å²) in [5.74, 6) is -2.37. The van der Waals surface area contributed by atoms with Crippen LogP contribution in [0.3, 0.4) is 0 Å². The molecule has 15 rings (SSSR count). The molecule has 11 atom stereocenters. The number of nitrogens with zero attached hydrogens (tertiary/aromatic N) is 8. The van der Waals surface area contributed by atoms with Gasteiger partial charge in [0.05, 0.1) is 41.9 Å². The van der Waals surface area contributed by atoms with E-state index in [1.807, 2.05) is 74.7 Å². The Balaban J connectivity index is 0.000000172. The van der Waals surface area contributed by atoms with Crippen molar-refractivity contribution in [1.29, 1.82) is 0 Å². The van der Waals surface area contributed by atoms with E-state index in [-0.39, 0.29) is 98.5 Å². The van der Waals surface area contributed by atoms with E-state index in [1.54, 1.807) is 20.8 Å². The van der Waals surface area contributed by atoms with Gasteiger partial charge in [0.1, 0.15) is 5.92 Å². The second kappa shape index (κ2) is 35.3. The van der Waals surface area contributed by atoms with Crippen molar-refractivity contribution in [2.45, 2.75) is 299 Å². The number of benzene rings is 3. The Bertz CT molecular complexity index is 3660. The molecule has 2 aromatic heterocycles. The van der Waals surface area contributed by atoms with Crippen LogP contribution in [0.25, 0.3) is 22.1 Å². The molecule has 99 heavy (non-hydrogen) atoms. The van der Waals surface area contributed by atoms with Crippen molar-refractivity contribution >= 4 is 51.6 Å². The largest absolute Gasteiger partial charge is 0.465 e. The molecule has 1 amide bonds. The average Bonchev–Trinajstić information content (AvgIpc) is 1.29. The van der Waals surface area contributed by atoms with E-state index >= 15 is 0 Å².